The van der Waals surface area contributed by atoms with Crippen LogP contribution in [0.4, 0.5) is 39.0 Å². The average Bonchev–Trinajstić information content (AvgIpc) is 2.89. The van der Waals surface area contributed by atoms with Crippen molar-refractivity contribution in [3.05, 3.63) is 59.7 Å². The number of carbonyl (C=O) groups is 1. The molecule has 1 unspecified atom stereocenters. The Bertz CT molecular complexity index is 1450. The summed E-state index contributed by atoms with van der Waals surface area (Å²) in [5.74, 6) is -0.257. The fourth-order valence-corrected chi connectivity index (χ4v) is 4.70. The van der Waals surface area contributed by atoms with E-state index in [0.29, 0.717) is 22.7 Å². The average molecular weight is 585 g/mol. The van der Waals surface area contributed by atoms with E-state index in [9.17, 15) is 14.3 Å². The minimum Gasteiger partial charge on any atom is -0.494 e. The fraction of sp³-hybridized carbons (Fsp3) is 0.357. The minimum absolute atomic E-state index is 0.0950. The standard InChI is InChI=1S/C28H34ClFN8O3/c1-7-25(39)33-21-12-22(24(41-6)13-23(21)38-9-8-16(38)14-37(4)5)35-27-32-15-31-26(36-27)34-20-11-19(30)18(29)10-17(20)28(2,3)40/h7,10-13,15-16,40H,1,8-9,14H2,2-6H3,(H,33,39)(H2,31,32,34,35,36). The topological polar surface area (TPSA) is 128 Å². The van der Waals surface area contributed by atoms with E-state index in [2.05, 4.69) is 47.3 Å². The molecule has 2 heterocycles. The molecule has 218 valence electrons. The van der Waals surface area contributed by atoms with Gasteiger partial charge < -0.3 is 35.6 Å². The summed E-state index contributed by atoms with van der Waals surface area (Å²) in [5.41, 5.74) is 1.17. The van der Waals surface area contributed by atoms with Crippen molar-refractivity contribution >= 4 is 52.2 Å². The van der Waals surface area contributed by atoms with Crippen molar-refractivity contribution in [2.24, 2.45) is 0 Å². The number of carbonyl (C=O) groups excluding carboxylic acids is 1. The number of hydrogen-bond acceptors (Lipinski definition) is 10. The van der Waals surface area contributed by atoms with Crippen molar-refractivity contribution < 1.29 is 19.0 Å². The lowest BCUT2D eigenvalue weighted by Gasteiger charge is -2.45. The van der Waals surface area contributed by atoms with Crippen LogP contribution in [0.25, 0.3) is 0 Å². The Hall–Kier alpha value is -4.00. The number of benzene rings is 2. The first-order chi connectivity index (χ1) is 19.4. The summed E-state index contributed by atoms with van der Waals surface area (Å²) in [5, 5.41) is 19.4. The summed E-state index contributed by atoms with van der Waals surface area (Å²) < 4.78 is 20.0. The third-order valence-corrected chi connectivity index (χ3v) is 6.86. The van der Waals surface area contributed by atoms with E-state index in [4.69, 9.17) is 16.3 Å². The number of ether oxygens (including phenoxy) is 1. The molecule has 0 spiro atoms. The quantitative estimate of drug-likeness (QED) is 0.236. The van der Waals surface area contributed by atoms with Gasteiger partial charge in [0.1, 0.15) is 17.9 Å². The van der Waals surface area contributed by atoms with Crippen LogP contribution in [0.2, 0.25) is 5.02 Å². The minimum atomic E-state index is -1.32. The van der Waals surface area contributed by atoms with Gasteiger partial charge in [0.15, 0.2) is 0 Å². The van der Waals surface area contributed by atoms with Gasteiger partial charge in [-0.1, -0.05) is 18.2 Å². The van der Waals surface area contributed by atoms with Crippen LogP contribution in [0.3, 0.4) is 0 Å². The van der Waals surface area contributed by atoms with Gasteiger partial charge in [0.2, 0.25) is 17.8 Å². The lowest BCUT2D eigenvalue weighted by Crippen LogP contribution is -2.53. The summed E-state index contributed by atoms with van der Waals surface area (Å²) >= 11 is 5.95. The number of anilines is 6. The van der Waals surface area contributed by atoms with Gasteiger partial charge in [0.25, 0.3) is 0 Å². The highest BCUT2D eigenvalue weighted by Crippen LogP contribution is 2.41. The number of hydrogen-bond donors (Lipinski definition) is 4. The number of nitrogens with one attached hydrogen (secondary N) is 3. The maximum atomic E-state index is 14.3. The molecule has 0 aliphatic carbocycles. The van der Waals surface area contributed by atoms with Gasteiger partial charge in [-0.15, -0.1) is 0 Å². The highest BCUT2D eigenvalue weighted by atomic mass is 35.5. The molecule has 2 aromatic carbocycles. The Morgan fingerprint density at radius 1 is 1.22 bits per heavy atom. The van der Waals surface area contributed by atoms with Crippen LogP contribution in [0.5, 0.6) is 5.75 Å². The van der Waals surface area contributed by atoms with Crippen molar-refractivity contribution in [2.45, 2.75) is 31.9 Å². The zero-order chi connectivity index (χ0) is 29.9. The van der Waals surface area contributed by atoms with Crippen molar-refractivity contribution in [1.82, 2.24) is 19.9 Å². The van der Waals surface area contributed by atoms with E-state index >= 15 is 0 Å². The van der Waals surface area contributed by atoms with E-state index in [1.165, 1.54) is 24.5 Å². The van der Waals surface area contributed by atoms with Crippen molar-refractivity contribution in [3.63, 3.8) is 0 Å². The molecule has 0 bridgehead atoms. The lowest BCUT2D eigenvalue weighted by molar-refractivity contribution is -0.111. The molecule has 4 N–H and O–H groups in total. The van der Waals surface area contributed by atoms with E-state index in [-0.39, 0.29) is 34.6 Å². The number of likely N-dealkylation sites (N-methyl/N-ethyl adjacent to an activating group) is 1. The largest absolute Gasteiger partial charge is 0.494 e. The zero-order valence-corrected chi connectivity index (χ0v) is 24.4. The van der Waals surface area contributed by atoms with Crippen LogP contribution >= 0.6 is 11.6 Å². The normalized spacial score (nSPS) is 14.9. The van der Waals surface area contributed by atoms with Crippen molar-refractivity contribution in [1.29, 1.82) is 0 Å². The van der Waals surface area contributed by atoms with Gasteiger partial charge in [-0.25, -0.2) is 14.4 Å². The Labute approximate surface area is 243 Å². The summed E-state index contributed by atoms with van der Waals surface area (Å²) in [6.45, 7) is 8.39. The van der Waals surface area contributed by atoms with E-state index in [1.807, 2.05) is 20.2 Å². The van der Waals surface area contributed by atoms with E-state index in [1.54, 1.807) is 27.0 Å². The smallest absolute Gasteiger partial charge is 0.247 e. The Kier molecular flexibility index (Phi) is 8.95. The summed E-state index contributed by atoms with van der Waals surface area (Å²) in [6, 6.07) is 6.42. The first-order valence-electron chi connectivity index (χ1n) is 12.9. The van der Waals surface area contributed by atoms with E-state index < -0.39 is 11.4 Å². The number of aromatic nitrogens is 3. The molecule has 1 fully saturated rings. The maximum Gasteiger partial charge on any atom is 0.247 e. The Morgan fingerprint density at radius 3 is 2.46 bits per heavy atom. The summed E-state index contributed by atoms with van der Waals surface area (Å²) in [7, 11) is 5.60. The fourth-order valence-electron chi connectivity index (χ4n) is 4.54. The molecule has 1 aromatic heterocycles. The van der Waals surface area contributed by atoms with Crippen LogP contribution in [-0.2, 0) is 10.4 Å². The summed E-state index contributed by atoms with van der Waals surface area (Å²) in [6.07, 6.45) is 3.52. The number of methoxy groups -OCH3 is 1. The predicted octanol–water partition coefficient (Wildman–Crippen LogP) is 4.65. The number of amides is 1. The van der Waals surface area contributed by atoms with Crippen molar-refractivity contribution in [3.8, 4) is 5.75 Å². The monoisotopic (exact) mass is 584 g/mol. The van der Waals surface area contributed by atoms with E-state index in [0.717, 1.165) is 25.2 Å². The molecule has 0 saturated carbocycles. The molecule has 1 aliphatic heterocycles. The summed E-state index contributed by atoms with van der Waals surface area (Å²) in [4.78, 5) is 29.4. The van der Waals surface area contributed by atoms with Crippen LogP contribution in [-0.4, -0.2) is 71.2 Å². The molecule has 1 aliphatic rings. The van der Waals surface area contributed by atoms with Crippen LogP contribution in [0, 0.1) is 5.82 Å². The molecular weight excluding hydrogens is 551 g/mol. The molecule has 4 rings (SSSR count). The second-order valence-electron chi connectivity index (χ2n) is 10.4. The number of nitrogens with zero attached hydrogens (tertiary/aromatic N) is 5. The highest BCUT2D eigenvalue weighted by molar-refractivity contribution is 6.30. The first kappa shape index (κ1) is 30.0. The third-order valence-electron chi connectivity index (χ3n) is 6.57. The Balaban J connectivity index is 1.66. The molecular formula is C28H34ClFN8O3. The molecule has 1 saturated heterocycles. The molecule has 1 amide bonds. The lowest BCUT2D eigenvalue weighted by atomic mass is 9.96. The zero-order valence-electron chi connectivity index (χ0n) is 23.6. The van der Waals surface area contributed by atoms with Crippen LogP contribution in [0.1, 0.15) is 25.8 Å². The van der Waals surface area contributed by atoms with Gasteiger partial charge in [-0.3, -0.25) is 4.79 Å². The van der Waals surface area contributed by atoms with Crippen LogP contribution < -0.4 is 25.6 Å². The molecule has 3 aromatic rings. The van der Waals surface area contributed by atoms with Gasteiger partial charge in [0, 0.05) is 36.4 Å². The van der Waals surface area contributed by atoms with Gasteiger partial charge in [0.05, 0.1) is 34.8 Å². The first-order valence-corrected chi connectivity index (χ1v) is 13.3. The van der Waals surface area contributed by atoms with Gasteiger partial charge in [-0.05, 0) is 58.6 Å². The molecule has 41 heavy (non-hydrogen) atoms. The number of rotatable bonds is 11. The predicted molar refractivity (Wildman–Crippen MR) is 159 cm³/mol. The number of aliphatic hydroxyl groups is 1. The maximum absolute atomic E-state index is 14.3. The molecule has 0 radical (unpaired) electrons. The molecule has 1 atom stereocenters. The van der Waals surface area contributed by atoms with Crippen LogP contribution in [0.15, 0.2) is 43.2 Å². The third kappa shape index (κ3) is 7.02. The second kappa shape index (κ2) is 12.2. The highest BCUT2D eigenvalue weighted by Gasteiger charge is 2.31. The SMILES string of the molecule is C=CC(=O)Nc1cc(Nc2ncnc(Nc3cc(F)c(Cl)cc3C(C)(C)O)n2)c(OC)cc1N1CCC1CN(C)C. The second-order valence-corrected chi connectivity index (χ2v) is 10.8. The van der Waals surface area contributed by atoms with Gasteiger partial charge >= 0.3 is 0 Å². The molecule has 11 nitrogen and oxygen atoms in total. The molecule has 13 heteroatoms. The Morgan fingerprint density at radius 2 is 1.90 bits per heavy atom. The van der Waals surface area contributed by atoms with Gasteiger partial charge in [-0.2, -0.15) is 4.98 Å². The number of halogens is 2. The van der Waals surface area contributed by atoms with Crippen molar-refractivity contribution in [2.75, 3.05) is 55.1 Å².